The predicted octanol–water partition coefficient (Wildman–Crippen LogP) is 0.996. The molecule has 1 unspecified atom stereocenters. The Labute approximate surface area is 91.2 Å². The number of methoxy groups -OCH3 is 1. The van der Waals surface area contributed by atoms with Crippen LogP contribution in [0.15, 0.2) is 24.3 Å². The van der Waals surface area contributed by atoms with E-state index in [9.17, 15) is 13.9 Å². The van der Waals surface area contributed by atoms with Gasteiger partial charge < -0.3 is 14.4 Å². The molecule has 4 nitrogen and oxygen atoms in total. The van der Waals surface area contributed by atoms with Crippen LogP contribution in [0.5, 0.6) is 5.75 Å². The minimum Gasteiger partial charge on any atom is -0.772 e. The Morgan fingerprint density at radius 2 is 2.07 bits per heavy atom. The fourth-order valence-corrected chi connectivity index (χ4v) is 1.63. The van der Waals surface area contributed by atoms with E-state index in [0.717, 1.165) is 0 Å². The van der Waals surface area contributed by atoms with Crippen LogP contribution >= 0.6 is 0 Å². The van der Waals surface area contributed by atoms with E-state index >= 15 is 0 Å². The lowest BCUT2D eigenvalue weighted by Gasteiger charge is -2.22. The highest BCUT2D eigenvalue weighted by Gasteiger charge is 2.20. The Bertz CT molecular complexity index is 353. The van der Waals surface area contributed by atoms with Crippen LogP contribution in [0.3, 0.4) is 0 Å². The molecule has 0 saturated carbocycles. The van der Waals surface area contributed by atoms with Gasteiger partial charge in [0.05, 0.1) is 13.2 Å². The molecule has 15 heavy (non-hydrogen) atoms. The smallest absolute Gasteiger partial charge is 0.124 e. The first-order valence-corrected chi connectivity index (χ1v) is 5.60. The van der Waals surface area contributed by atoms with Crippen LogP contribution in [-0.2, 0) is 11.1 Å². The van der Waals surface area contributed by atoms with Gasteiger partial charge in [-0.1, -0.05) is 18.2 Å². The summed E-state index contributed by atoms with van der Waals surface area (Å²) in [5.41, 5.74) is 0.483. The van der Waals surface area contributed by atoms with Gasteiger partial charge in [0, 0.05) is 10.8 Å². The molecule has 0 saturated heterocycles. The molecule has 0 aliphatic heterocycles. The van der Waals surface area contributed by atoms with Crippen LogP contribution in [0.25, 0.3) is 0 Å². The Morgan fingerprint density at radius 3 is 2.60 bits per heavy atom. The van der Waals surface area contributed by atoms with Gasteiger partial charge in [-0.25, -0.2) is 0 Å². The summed E-state index contributed by atoms with van der Waals surface area (Å²) in [5, 5.41) is 8.94. The number of rotatable bonds is 4. The van der Waals surface area contributed by atoms with Gasteiger partial charge in [0.2, 0.25) is 0 Å². The minimum atomic E-state index is -2.31. The summed E-state index contributed by atoms with van der Waals surface area (Å²) in [5.74, 6) is 0.488. The first-order valence-electron chi connectivity index (χ1n) is 4.47. The summed E-state index contributed by atoms with van der Waals surface area (Å²) in [4.78, 5) is 0. The van der Waals surface area contributed by atoms with Crippen molar-refractivity contribution in [2.24, 2.45) is 0 Å². The van der Waals surface area contributed by atoms with E-state index in [2.05, 4.69) is 0 Å². The summed E-state index contributed by atoms with van der Waals surface area (Å²) in [6.07, 6.45) is -1.07. The van der Waals surface area contributed by atoms with E-state index in [-0.39, 0.29) is 0 Å². The standard InChI is InChI=1S/C10H14O4S/c1-7(15(12)13)10(11)8-5-3-4-6-9(8)14-2/h3-7,10-11H,1-2H3,(H,12,13)/p-1/t7-,10+/m0/s1. The predicted molar refractivity (Wildman–Crippen MR) is 56.3 cm³/mol. The van der Waals surface area contributed by atoms with Crippen LogP contribution in [0.4, 0.5) is 0 Å². The molecular weight excluding hydrogens is 216 g/mol. The van der Waals surface area contributed by atoms with Gasteiger partial charge in [-0.05, 0) is 24.1 Å². The van der Waals surface area contributed by atoms with Crippen molar-refractivity contribution in [3.63, 3.8) is 0 Å². The van der Waals surface area contributed by atoms with Crippen molar-refractivity contribution in [2.75, 3.05) is 7.11 Å². The van der Waals surface area contributed by atoms with E-state index in [1.165, 1.54) is 14.0 Å². The van der Waals surface area contributed by atoms with E-state index < -0.39 is 22.4 Å². The van der Waals surface area contributed by atoms with Gasteiger partial charge in [-0.2, -0.15) is 0 Å². The second-order valence-electron chi connectivity index (χ2n) is 3.15. The lowest BCUT2D eigenvalue weighted by atomic mass is 10.1. The second-order valence-corrected chi connectivity index (χ2v) is 4.42. The van der Waals surface area contributed by atoms with E-state index in [1.54, 1.807) is 24.3 Å². The normalized spacial score (nSPS) is 16.8. The molecule has 1 aromatic carbocycles. The summed E-state index contributed by atoms with van der Waals surface area (Å²) < 4.78 is 26.5. The van der Waals surface area contributed by atoms with Crippen LogP contribution < -0.4 is 4.74 Å². The van der Waals surface area contributed by atoms with Crippen molar-refractivity contribution in [2.45, 2.75) is 18.3 Å². The second kappa shape index (κ2) is 5.25. The highest BCUT2D eigenvalue weighted by Crippen LogP contribution is 2.28. The Balaban J connectivity index is 2.99. The maximum Gasteiger partial charge on any atom is 0.124 e. The molecule has 84 valence electrons. The molecule has 0 fully saturated rings. The lowest BCUT2D eigenvalue weighted by Crippen LogP contribution is -2.20. The summed E-state index contributed by atoms with van der Waals surface area (Å²) in [7, 11) is 1.48. The van der Waals surface area contributed by atoms with Crippen LogP contribution in [0, 0.1) is 0 Å². The van der Waals surface area contributed by atoms with E-state index in [0.29, 0.717) is 11.3 Å². The molecule has 5 heteroatoms. The van der Waals surface area contributed by atoms with Gasteiger partial charge in [0.25, 0.3) is 0 Å². The third-order valence-electron chi connectivity index (χ3n) is 2.21. The average Bonchev–Trinajstić information content (AvgIpc) is 2.26. The topological polar surface area (TPSA) is 69.6 Å². The summed E-state index contributed by atoms with van der Waals surface area (Å²) >= 11 is -2.31. The van der Waals surface area contributed by atoms with Crippen LogP contribution in [0.1, 0.15) is 18.6 Å². The lowest BCUT2D eigenvalue weighted by molar-refractivity contribution is 0.170. The van der Waals surface area contributed by atoms with Crippen molar-refractivity contribution in [1.29, 1.82) is 0 Å². The van der Waals surface area contributed by atoms with Crippen molar-refractivity contribution < 1.29 is 18.6 Å². The molecule has 1 rings (SSSR count). The zero-order valence-electron chi connectivity index (χ0n) is 8.54. The number of hydrogen-bond acceptors (Lipinski definition) is 4. The highest BCUT2D eigenvalue weighted by atomic mass is 32.2. The number of benzene rings is 1. The minimum absolute atomic E-state index is 0.483. The molecule has 0 aliphatic rings. The fourth-order valence-electron chi connectivity index (χ4n) is 1.27. The summed E-state index contributed by atoms with van der Waals surface area (Å²) in [6, 6.07) is 6.81. The SMILES string of the molecule is COc1ccccc1[C@H](O)[C@H](C)S(=O)[O-]. The molecule has 3 atom stereocenters. The van der Waals surface area contributed by atoms with Gasteiger partial charge in [-0.3, -0.25) is 4.21 Å². The number of hydrogen-bond donors (Lipinski definition) is 1. The molecule has 0 bridgehead atoms. The third-order valence-corrected chi connectivity index (χ3v) is 3.07. The maximum atomic E-state index is 10.7. The monoisotopic (exact) mass is 229 g/mol. The van der Waals surface area contributed by atoms with Gasteiger partial charge in [0.1, 0.15) is 5.75 Å². The fraction of sp³-hybridized carbons (Fsp3) is 0.400. The molecule has 0 heterocycles. The quantitative estimate of drug-likeness (QED) is 0.782. The van der Waals surface area contributed by atoms with Crippen molar-refractivity contribution in [3.8, 4) is 5.75 Å². The molecule has 0 radical (unpaired) electrons. The van der Waals surface area contributed by atoms with Crippen LogP contribution in [0.2, 0.25) is 0 Å². The van der Waals surface area contributed by atoms with Gasteiger partial charge in [-0.15, -0.1) is 0 Å². The molecule has 0 amide bonds. The van der Waals surface area contributed by atoms with Crippen molar-refractivity contribution in [3.05, 3.63) is 29.8 Å². The van der Waals surface area contributed by atoms with Crippen LogP contribution in [-0.4, -0.2) is 26.2 Å². The summed E-state index contributed by atoms with van der Waals surface area (Å²) in [6.45, 7) is 1.44. The molecule has 1 N–H and O–H groups in total. The zero-order valence-corrected chi connectivity index (χ0v) is 9.36. The van der Waals surface area contributed by atoms with E-state index in [1.807, 2.05) is 0 Å². The van der Waals surface area contributed by atoms with Gasteiger partial charge in [0.15, 0.2) is 0 Å². The first kappa shape index (κ1) is 12.2. The average molecular weight is 229 g/mol. The maximum absolute atomic E-state index is 10.7. The number of ether oxygens (including phenoxy) is 1. The highest BCUT2D eigenvalue weighted by molar-refractivity contribution is 7.79. The first-order chi connectivity index (χ1) is 7.07. The Morgan fingerprint density at radius 1 is 1.47 bits per heavy atom. The molecule has 0 aromatic heterocycles. The number of aliphatic hydroxyl groups excluding tert-OH is 1. The largest absolute Gasteiger partial charge is 0.772 e. The Kier molecular flexibility index (Phi) is 4.26. The zero-order chi connectivity index (χ0) is 11.4. The molecular formula is C10H13O4S-. The molecule has 1 aromatic rings. The Hall–Kier alpha value is -0.910. The molecule has 0 spiro atoms. The van der Waals surface area contributed by atoms with Crippen molar-refractivity contribution in [1.82, 2.24) is 0 Å². The van der Waals surface area contributed by atoms with Crippen molar-refractivity contribution >= 4 is 11.1 Å². The third kappa shape index (κ3) is 2.77. The van der Waals surface area contributed by atoms with Gasteiger partial charge >= 0.3 is 0 Å². The molecule has 0 aliphatic carbocycles. The van der Waals surface area contributed by atoms with E-state index in [4.69, 9.17) is 4.74 Å². The number of aliphatic hydroxyl groups is 1. The number of para-hydroxylation sites is 1.